The molecule has 1 aromatic rings. The molecular weight excluding hydrogens is 278 g/mol. The molecule has 1 aromatic heterocycles. The van der Waals surface area contributed by atoms with Gasteiger partial charge >= 0.3 is 0 Å². The van der Waals surface area contributed by atoms with Crippen LogP contribution in [0.1, 0.15) is 37.1 Å². The number of piperidine rings is 1. The van der Waals surface area contributed by atoms with Crippen molar-refractivity contribution in [3.05, 3.63) is 11.5 Å². The predicted molar refractivity (Wildman–Crippen MR) is 73.9 cm³/mol. The Morgan fingerprint density at radius 1 is 1.25 bits per heavy atom. The highest BCUT2D eigenvalue weighted by Crippen LogP contribution is 2.32. The monoisotopic (exact) mass is 299 g/mol. The van der Waals surface area contributed by atoms with Gasteiger partial charge in [-0.25, -0.2) is 8.42 Å². The van der Waals surface area contributed by atoms with E-state index >= 15 is 0 Å². The molecule has 0 aromatic carbocycles. The van der Waals surface area contributed by atoms with Gasteiger partial charge in [-0.1, -0.05) is 5.16 Å². The number of fused-ring (bicyclic) bond motifs is 2. The van der Waals surface area contributed by atoms with E-state index in [1.165, 1.54) is 4.31 Å². The molecule has 20 heavy (non-hydrogen) atoms. The fraction of sp³-hybridized carbons (Fsp3) is 0.769. The average Bonchev–Trinajstić information content (AvgIpc) is 2.91. The van der Waals surface area contributed by atoms with Gasteiger partial charge in [-0.15, -0.1) is 0 Å². The van der Waals surface area contributed by atoms with Crippen molar-refractivity contribution in [3.8, 4) is 0 Å². The van der Waals surface area contributed by atoms with Crippen LogP contribution < -0.4 is 5.32 Å². The summed E-state index contributed by atoms with van der Waals surface area (Å²) in [6, 6.07) is 0.981. The Bertz CT molecular complexity index is 579. The Hall–Kier alpha value is -0.920. The van der Waals surface area contributed by atoms with E-state index in [1.54, 1.807) is 20.9 Å². The Morgan fingerprint density at radius 2 is 1.85 bits per heavy atom. The van der Waals surface area contributed by atoms with Crippen LogP contribution in [0, 0.1) is 13.8 Å². The van der Waals surface area contributed by atoms with E-state index in [1.807, 2.05) is 0 Å². The number of sulfonamides is 1. The fourth-order valence-corrected chi connectivity index (χ4v) is 5.17. The molecule has 0 amide bonds. The fourth-order valence-electron chi connectivity index (χ4n) is 3.51. The Labute approximate surface area is 119 Å². The third-order valence-corrected chi connectivity index (χ3v) is 6.72. The largest absolute Gasteiger partial charge is 0.360 e. The van der Waals surface area contributed by atoms with Gasteiger partial charge < -0.3 is 9.84 Å². The van der Waals surface area contributed by atoms with Crippen LogP contribution in [-0.4, -0.2) is 43.1 Å². The molecule has 2 bridgehead atoms. The molecule has 3 rings (SSSR count). The molecule has 1 N–H and O–H groups in total. The van der Waals surface area contributed by atoms with Gasteiger partial charge in [0.05, 0.1) is 0 Å². The molecule has 3 heterocycles. The summed E-state index contributed by atoms with van der Waals surface area (Å²) in [7, 11) is -1.85. The first kappa shape index (κ1) is 14.0. The summed E-state index contributed by atoms with van der Waals surface area (Å²) in [5.41, 5.74) is 0.436. The van der Waals surface area contributed by atoms with E-state index in [9.17, 15) is 8.42 Å². The minimum absolute atomic E-state index is 0.0625. The summed E-state index contributed by atoms with van der Waals surface area (Å²) in [6.45, 7) is 3.32. The number of aryl methyl sites for hydroxylation is 2. The van der Waals surface area contributed by atoms with E-state index in [0.717, 1.165) is 25.7 Å². The number of hydrogen-bond donors (Lipinski definition) is 1. The second kappa shape index (κ2) is 4.82. The zero-order chi connectivity index (χ0) is 14.5. The van der Waals surface area contributed by atoms with E-state index in [-0.39, 0.29) is 10.9 Å². The topological polar surface area (TPSA) is 75.4 Å². The third-order valence-electron chi connectivity index (χ3n) is 4.57. The molecule has 112 valence electrons. The first-order chi connectivity index (χ1) is 9.39. The SMILES string of the molecule is Cc1noc(C)c1S(=O)(=O)N(C)C1CC2CCC(C1)N2. The van der Waals surface area contributed by atoms with Crippen molar-refractivity contribution in [1.29, 1.82) is 0 Å². The number of nitrogens with zero attached hydrogens (tertiary/aromatic N) is 2. The molecule has 0 radical (unpaired) electrons. The molecule has 7 heteroatoms. The molecule has 2 aliphatic rings. The lowest BCUT2D eigenvalue weighted by Gasteiger charge is -2.34. The molecule has 2 atom stereocenters. The van der Waals surface area contributed by atoms with Crippen LogP contribution in [0.15, 0.2) is 9.42 Å². The highest BCUT2D eigenvalue weighted by atomic mass is 32.2. The van der Waals surface area contributed by atoms with Crippen molar-refractivity contribution in [3.63, 3.8) is 0 Å². The van der Waals surface area contributed by atoms with Gasteiger partial charge in [-0.2, -0.15) is 4.31 Å². The summed E-state index contributed by atoms with van der Waals surface area (Å²) in [6.07, 6.45) is 4.08. The van der Waals surface area contributed by atoms with Crippen molar-refractivity contribution >= 4 is 10.0 Å². The van der Waals surface area contributed by atoms with Crippen LogP contribution >= 0.6 is 0 Å². The second-order valence-electron chi connectivity index (χ2n) is 5.94. The van der Waals surface area contributed by atoms with Gasteiger partial charge in [0.15, 0.2) is 5.76 Å². The van der Waals surface area contributed by atoms with Gasteiger partial charge in [0.2, 0.25) is 10.0 Å². The van der Waals surface area contributed by atoms with Crippen molar-refractivity contribution in [2.45, 2.75) is 62.6 Å². The summed E-state index contributed by atoms with van der Waals surface area (Å²) >= 11 is 0. The first-order valence-corrected chi connectivity index (χ1v) is 8.50. The second-order valence-corrected chi connectivity index (χ2v) is 7.87. The molecule has 0 aliphatic carbocycles. The van der Waals surface area contributed by atoms with Gasteiger partial charge in [0.1, 0.15) is 10.6 Å². The normalized spacial score (nSPS) is 30.1. The molecule has 2 fully saturated rings. The lowest BCUT2D eigenvalue weighted by Crippen LogP contribution is -2.48. The summed E-state index contributed by atoms with van der Waals surface area (Å²) in [5, 5.41) is 7.29. The maximum atomic E-state index is 12.8. The molecule has 2 aliphatic heterocycles. The number of aromatic nitrogens is 1. The molecule has 0 saturated carbocycles. The number of nitrogens with one attached hydrogen (secondary N) is 1. The van der Waals surface area contributed by atoms with Crippen LogP contribution in [-0.2, 0) is 10.0 Å². The summed E-state index contributed by atoms with van der Waals surface area (Å²) in [4.78, 5) is 0.228. The predicted octanol–water partition coefficient (Wildman–Crippen LogP) is 1.19. The van der Waals surface area contributed by atoms with E-state index < -0.39 is 10.0 Å². The standard InChI is InChI=1S/C13H21N3O3S/c1-8-13(9(2)19-15-8)20(17,18)16(3)12-6-10-4-5-11(7-12)14-10/h10-12,14H,4-7H2,1-3H3. The van der Waals surface area contributed by atoms with E-state index in [0.29, 0.717) is 23.5 Å². The Morgan fingerprint density at radius 3 is 2.35 bits per heavy atom. The Kier molecular flexibility index (Phi) is 3.38. The smallest absolute Gasteiger partial charge is 0.248 e. The molecule has 2 unspecified atom stereocenters. The Balaban J connectivity index is 1.88. The first-order valence-electron chi connectivity index (χ1n) is 7.06. The van der Waals surface area contributed by atoms with Gasteiger partial charge in [-0.05, 0) is 39.5 Å². The lowest BCUT2D eigenvalue weighted by atomic mass is 10.0. The lowest BCUT2D eigenvalue weighted by molar-refractivity contribution is 0.251. The minimum atomic E-state index is -3.53. The summed E-state index contributed by atoms with van der Waals surface area (Å²) in [5.74, 6) is 0.367. The quantitative estimate of drug-likeness (QED) is 0.907. The number of rotatable bonds is 3. The summed E-state index contributed by atoms with van der Waals surface area (Å²) < 4.78 is 32.1. The average molecular weight is 299 g/mol. The highest BCUT2D eigenvalue weighted by Gasteiger charge is 2.40. The highest BCUT2D eigenvalue weighted by molar-refractivity contribution is 7.89. The van der Waals surface area contributed by atoms with E-state index in [2.05, 4.69) is 10.5 Å². The van der Waals surface area contributed by atoms with Gasteiger partial charge in [-0.3, -0.25) is 0 Å². The molecule has 2 saturated heterocycles. The molecular formula is C13H21N3O3S. The molecule has 0 spiro atoms. The zero-order valence-corrected chi connectivity index (χ0v) is 12.9. The van der Waals surface area contributed by atoms with Crippen molar-refractivity contribution in [2.24, 2.45) is 0 Å². The van der Waals surface area contributed by atoms with Crippen molar-refractivity contribution in [2.75, 3.05) is 7.05 Å². The number of hydrogen-bond acceptors (Lipinski definition) is 5. The van der Waals surface area contributed by atoms with Gasteiger partial charge in [0.25, 0.3) is 0 Å². The zero-order valence-electron chi connectivity index (χ0n) is 12.1. The van der Waals surface area contributed by atoms with Crippen molar-refractivity contribution in [1.82, 2.24) is 14.8 Å². The minimum Gasteiger partial charge on any atom is -0.360 e. The third kappa shape index (κ3) is 2.17. The maximum Gasteiger partial charge on any atom is 0.248 e. The van der Waals surface area contributed by atoms with Crippen LogP contribution in [0.25, 0.3) is 0 Å². The van der Waals surface area contributed by atoms with Gasteiger partial charge in [0, 0.05) is 25.2 Å². The van der Waals surface area contributed by atoms with Crippen molar-refractivity contribution < 1.29 is 12.9 Å². The van der Waals surface area contributed by atoms with Crippen LogP contribution in [0.3, 0.4) is 0 Å². The maximum absolute atomic E-state index is 12.8. The van der Waals surface area contributed by atoms with Crippen LogP contribution in [0.4, 0.5) is 0 Å². The van der Waals surface area contributed by atoms with Crippen LogP contribution in [0.2, 0.25) is 0 Å². The molecule has 6 nitrogen and oxygen atoms in total. The van der Waals surface area contributed by atoms with Crippen LogP contribution in [0.5, 0.6) is 0 Å². The van der Waals surface area contributed by atoms with E-state index in [4.69, 9.17) is 4.52 Å².